The summed E-state index contributed by atoms with van der Waals surface area (Å²) in [7, 11) is -0.594. The van der Waals surface area contributed by atoms with E-state index in [1.807, 2.05) is 4.72 Å². The lowest BCUT2D eigenvalue weighted by Gasteiger charge is -2.18. The molecular weight excluding hydrogens is 393 g/mol. The van der Waals surface area contributed by atoms with E-state index in [9.17, 15) is 22.2 Å². The van der Waals surface area contributed by atoms with Crippen LogP contribution in [0.3, 0.4) is 0 Å². The molecule has 0 aliphatic heterocycles. The summed E-state index contributed by atoms with van der Waals surface area (Å²) >= 11 is 5.74. The topological polar surface area (TPSA) is 76.0 Å². The van der Waals surface area contributed by atoms with Crippen LogP contribution in [-0.4, -0.2) is 31.9 Å². The summed E-state index contributed by atoms with van der Waals surface area (Å²) in [5, 5.41) is 2.78. The van der Waals surface area contributed by atoms with E-state index in [0.717, 1.165) is 0 Å². The third kappa shape index (κ3) is 5.05. The molecule has 142 valence electrons. The largest absolute Gasteiger partial charge is 0.404 e. The lowest BCUT2D eigenvalue weighted by Crippen LogP contribution is -2.42. The van der Waals surface area contributed by atoms with Crippen LogP contribution in [0, 0.1) is 0 Å². The molecule has 2 heterocycles. The molecule has 0 saturated carbocycles. The third-order valence-electron chi connectivity index (χ3n) is 3.46. The van der Waals surface area contributed by atoms with Gasteiger partial charge in [0.25, 0.3) is 5.91 Å². The van der Waals surface area contributed by atoms with Gasteiger partial charge in [-0.1, -0.05) is 18.5 Å². The molecule has 0 spiro atoms. The van der Waals surface area contributed by atoms with Gasteiger partial charge in [-0.25, -0.2) is 13.9 Å². The number of alkyl halides is 3. The van der Waals surface area contributed by atoms with E-state index in [2.05, 4.69) is 10.3 Å². The first-order valence-corrected chi connectivity index (χ1v) is 8.98. The number of rotatable bonds is 6. The highest BCUT2D eigenvalue weighted by atomic mass is 35.5. The van der Waals surface area contributed by atoms with Gasteiger partial charge in [0.05, 0.1) is 4.90 Å². The summed E-state index contributed by atoms with van der Waals surface area (Å²) in [5.41, 5.74) is 0.531. The van der Waals surface area contributed by atoms with Crippen LogP contribution >= 0.6 is 11.6 Å². The quantitative estimate of drug-likeness (QED) is 0.720. The number of nitrogens with zero attached hydrogens (tertiary/aromatic N) is 2. The zero-order valence-corrected chi connectivity index (χ0v) is 15.4. The standard InChI is InChI=1S/C15H16ClF3N4O2S/c1-3-12(15(17,18)19)22-26(25)10-7-11(23(2)8-10)14(24)21-9-4-5-20-13(16)6-9/h4-8,12,22H,3H2,1-2H3,(H,20,21,24)/t12-,26?/m0/s1. The Kier molecular flexibility index (Phi) is 6.43. The number of carbonyl (C=O) groups is 1. The molecule has 2 atom stereocenters. The highest BCUT2D eigenvalue weighted by Crippen LogP contribution is 2.24. The average Bonchev–Trinajstić information content (AvgIpc) is 2.93. The van der Waals surface area contributed by atoms with Crippen LogP contribution in [0.25, 0.3) is 0 Å². The first-order valence-electron chi connectivity index (χ1n) is 7.45. The van der Waals surface area contributed by atoms with Crippen molar-refractivity contribution in [3.63, 3.8) is 0 Å². The molecule has 6 nitrogen and oxygen atoms in total. The van der Waals surface area contributed by atoms with Gasteiger partial charge in [0.15, 0.2) is 0 Å². The van der Waals surface area contributed by atoms with Gasteiger partial charge in [0.1, 0.15) is 27.9 Å². The molecule has 0 aliphatic rings. The summed E-state index contributed by atoms with van der Waals surface area (Å²) in [6.07, 6.45) is -2.03. The summed E-state index contributed by atoms with van der Waals surface area (Å²) < 4.78 is 54.0. The maximum absolute atomic E-state index is 12.8. The van der Waals surface area contributed by atoms with Gasteiger partial charge >= 0.3 is 6.18 Å². The molecular formula is C15H16ClF3N4O2S. The van der Waals surface area contributed by atoms with Crippen LogP contribution < -0.4 is 10.0 Å². The normalized spacial score (nSPS) is 14.1. The SMILES string of the molecule is CC[C@H](NS(=O)c1cc(C(=O)Nc2ccnc(Cl)c2)n(C)c1)C(F)(F)F. The van der Waals surface area contributed by atoms with Gasteiger partial charge < -0.3 is 9.88 Å². The van der Waals surface area contributed by atoms with Crippen LogP contribution in [0.4, 0.5) is 18.9 Å². The summed E-state index contributed by atoms with van der Waals surface area (Å²) in [4.78, 5) is 16.2. The van der Waals surface area contributed by atoms with Crippen LogP contribution in [0.15, 0.2) is 35.5 Å². The van der Waals surface area contributed by atoms with Crippen molar-refractivity contribution < 1.29 is 22.2 Å². The molecule has 0 saturated heterocycles. The van der Waals surface area contributed by atoms with Crippen LogP contribution in [-0.2, 0) is 18.0 Å². The smallest absolute Gasteiger partial charge is 0.345 e. The first kappa shape index (κ1) is 20.4. The fourth-order valence-corrected chi connectivity index (χ4v) is 3.46. The number of nitrogens with one attached hydrogen (secondary N) is 2. The minimum Gasteiger partial charge on any atom is -0.345 e. The number of hydrogen-bond acceptors (Lipinski definition) is 3. The van der Waals surface area contributed by atoms with Crippen molar-refractivity contribution in [2.75, 3.05) is 5.32 Å². The molecule has 0 radical (unpaired) electrons. The van der Waals surface area contributed by atoms with Gasteiger partial charge in [-0.05, 0) is 24.6 Å². The highest BCUT2D eigenvalue weighted by Gasteiger charge is 2.39. The molecule has 0 aliphatic carbocycles. The fraction of sp³-hybridized carbons (Fsp3) is 0.333. The minimum atomic E-state index is -4.51. The molecule has 11 heteroatoms. The number of carbonyl (C=O) groups excluding carboxylic acids is 1. The molecule has 2 aromatic heterocycles. The molecule has 2 N–H and O–H groups in total. The van der Waals surface area contributed by atoms with Crippen LogP contribution in [0.5, 0.6) is 0 Å². The average molecular weight is 409 g/mol. The maximum Gasteiger partial charge on any atom is 0.404 e. The van der Waals surface area contributed by atoms with Crippen molar-refractivity contribution in [1.82, 2.24) is 14.3 Å². The number of pyridine rings is 1. The number of amides is 1. The lowest BCUT2D eigenvalue weighted by molar-refractivity contribution is -0.151. The summed E-state index contributed by atoms with van der Waals surface area (Å²) in [6.45, 7) is 1.34. The predicted octanol–water partition coefficient (Wildman–Crippen LogP) is 3.28. The predicted molar refractivity (Wildman–Crippen MR) is 92.3 cm³/mol. The van der Waals surface area contributed by atoms with Gasteiger partial charge in [-0.3, -0.25) is 4.79 Å². The molecule has 26 heavy (non-hydrogen) atoms. The number of aryl methyl sites for hydroxylation is 1. The van der Waals surface area contributed by atoms with E-state index < -0.39 is 29.1 Å². The van der Waals surface area contributed by atoms with E-state index in [1.54, 1.807) is 0 Å². The lowest BCUT2D eigenvalue weighted by atomic mass is 10.2. The molecule has 1 unspecified atom stereocenters. The zero-order chi connectivity index (χ0) is 19.5. The van der Waals surface area contributed by atoms with Crippen LogP contribution in [0.2, 0.25) is 5.15 Å². The van der Waals surface area contributed by atoms with E-state index in [1.165, 1.54) is 49.1 Å². The van der Waals surface area contributed by atoms with Crippen molar-refractivity contribution in [1.29, 1.82) is 0 Å². The van der Waals surface area contributed by atoms with E-state index in [0.29, 0.717) is 5.69 Å². The third-order valence-corrected chi connectivity index (χ3v) is 4.82. The van der Waals surface area contributed by atoms with E-state index in [4.69, 9.17) is 11.6 Å². The monoisotopic (exact) mass is 408 g/mol. The Morgan fingerprint density at radius 3 is 2.69 bits per heavy atom. The number of hydrogen-bond donors (Lipinski definition) is 2. The van der Waals surface area contributed by atoms with Crippen molar-refractivity contribution in [2.24, 2.45) is 7.05 Å². The van der Waals surface area contributed by atoms with E-state index >= 15 is 0 Å². The van der Waals surface area contributed by atoms with Crippen LogP contribution in [0.1, 0.15) is 23.8 Å². The second kappa shape index (κ2) is 8.19. The second-order valence-corrected chi connectivity index (χ2v) is 7.01. The molecule has 1 amide bonds. The van der Waals surface area contributed by atoms with Crippen molar-refractivity contribution in [2.45, 2.75) is 30.5 Å². The number of halogens is 4. The Morgan fingerprint density at radius 1 is 1.42 bits per heavy atom. The molecule has 2 rings (SSSR count). The Labute approximate surface area is 155 Å². The highest BCUT2D eigenvalue weighted by molar-refractivity contribution is 7.83. The second-order valence-electron chi connectivity index (χ2n) is 5.38. The fourth-order valence-electron chi connectivity index (χ4n) is 2.12. The van der Waals surface area contributed by atoms with Gasteiger partial charge in [-0.15, -0.1) is 0 Å². The molecule has 0 bridgehead atoms. The maximum atomic E-state index is 12.8. The van der Waals surface area contributed by atoms with Gasteiger partial charge in [-0.2, -0.15) is 13.2 Å². The van der Waals surface area contributed by atoms with Crippen molar-refractivity contribution >= 4 is 34.2 Å². The molecule has 2 aromatic rings. The zero-order valence-electron chi connectivity index (χ0n) is 13.8. The van der Waals surface area contributed by atoms with Gasteiger partial charge in [0, 0.05) is 25.1 Å². The summed E-state index contributed by atoms with van der Waals surface area (Å²) in [5.74, 6) is -0.527. The Morgan fingerprint density at radius 2 is 2.12 bits per heavy atom. The Hall–Kier alpha value is -1.91. The van der Waals surface area contributed by atoms with Gasteiger partial charge in [0.2, 0.25) is 0 Å². The Bertz CT molecular complexity index is 825. The Balaban J connectivity index is 2.15. The summed E-state index contributed by atoms with van der Waals surface area (Å²) in [6, 6.07) is 2.34. The van der Waals surface area contributed by atoms with Crippen molar-refractivity contribution in [3.05, 3.63) is 41.4 Å². The molecule has 0 aromatic carbocycles. The van der Waals surface area contributed by atoms with Crippen molar-refractivity contribution in [3.8, 4) is 0 Å². The molecule has 0 fully saturated rings. The number of aromatic nitrogens is 2. The minimum absolute atomic E-state index is 0.0631. The van der Waals surface area contributed by atoms with E-state index in [-0.39, 0.29) is 22.2 Å². The first-order chi connectivity index (χ1) is 12.1. The number of anilines is 1.